The van der Waals surface area contributed by atoms with Gasteiger partial charge in [-0.3, -0.25) is 9.69 Å². The maximum absolute atomic E-state index is 11.6. The van der Waals surface area contributed by atoms with Crippen LogP contribution >= 0.6 is 0 Å². The van der Waals surface area contributed by atoms with E-state index in [-0.39, 0.29) is 0 Å². The molecule has 2 atom stereocenters. The zero-order chi connectivity index (χ0) is 9.42. The van der Waals surface area contributed by atoms with Crippen LogP contribution in [0, 0.1) is 0 Å². The lowest BCUT2D eigenvalue weighted by Gasteiger charge is -2.30. The molecule has 2 heteroatoms. The summed E-state index contributed by atoms with van der Waals surface area (Å²) in [4.78, 5) is 14.0. The molecule has 0 radical (unpaired) electrons. The quantitative estimate of drug-likeness (QED) is 0.643. The van der Waals surface area contributed by atoms with Gasteiger partial charge in [-0.1, -0.05) is 13.0 Å². The Morgan fingerprint density at radius 3 is 3.08 bits per heavy atom. The molecule has 0 aromatic carbocycles. The van der Waals surface area contributed by atoms with Crippen molar-refractivity contribution in [3.63, 3.8) is 0 Å². The third-order valence-electron chi connectivity index (χ3n) is 3.45. The molecule has 2 heterocycles. The van der Waals surface area contributed by atoms with Gasteiger partial charge in [0.2, 0.25) is 0 Å². The number of likely N-dealkylation sites (N-methyl/N-ethyl adjacent to an activating group) is 1. The van der Waals surface area contributed by atoms with Crippen LogP contribution in [0.15, 0.2) is 11.6 Å². The minimum Gasteiger partial charge on any atom is -0.296 e. The topological polar surface area (TPSA) is 20.3 Å². The Labute approximate surface area is 79.6 Å². The number of hydrogen-bond donors (Lipinski definition) is 0. The fourth-order valence-electron chi connectivity index (χ4n) is 2.57. The molecule has 72 valence electrons. The van der Waals surface area contributed by atoms with Gasteiger partial charge in [-0.2, -0.15) is 0 Å². The molecule has 0 aliphatic carbocycles. The first kappa shape index (κ1) is 8.95. The smallest absolute Gasteiger partial charge is 0.159 e. The lowest BCUT2D eigenvalue weighted by Crippen LogP contribution is -2.38. The van der Waals surface area contributed by atoms with Crippen LogP contribution < -0.4 is 0 Å². The Morgan fingerprint density at radius 1 is 1.62 bits per heavy atom. The van der Waals surface area contributed by atoms with Crippen molar-refractivity contribution in [1.82, 2.24) is 4.90 Å². The zero-order valence-corrected chi connectivity index (χ0v) is 8.42. The first-order valence-corrected chi connectivity index (χ1v) is 5.19. The van der Waals surface area contributed by atoms with E-state index in [1.165, 1.54) is 12.8 Å². The molecule has 13 heavy (non-hydrogen) atoms. The summed E-state index contributed by atoms with van der Waals surface area (Å²) >= 11 is 0. The van der Waals surface area contributed by atoms with Crippen LogP contribution in [-0.4, -0.2) is 29.8 Å². The van der Waals surface area contributed by atoms with Crippen molar-refractivity contribution in [3.05, 3.63) is 11.6 Å². The Bertz CT molecular complexity index is 257. The molecule has 2 aliphatic heterocycles. The summed E-state index contributed by atoms with van der Waals surface area (Å²) in [7, 11) is 2.15. The van der Waals surface area contributed by atoms with Crippen molar-refractivity contribution in [1.29, 1.82) is 0 Å². The van der Waals surface area contributed by atoms with Crippen molar-refractivity contribution in [2.45, 2.75) is 44.7 Å². The van der Waals surface area contributed by atoms with Crippen LogP contribution in [0.3, 0.4) is 0 Å². The van der Waals surface area contributed by atoms with Crippen LogP contribution in [0.1, 0.15) is 32.6 Å². The van der Waals surface area contributed by atoms with Crippen molar-refractivity contribution >= 4 is 5.78 Å². The number of ketones is 1. The Hall–Kier alpha value is -0.630. The van der Waals surface area contributed by atoms with Gasteiger partial charge < -0.3 is 0 Å². The number of nitrogens with zero attached hydrogens (tertiary/aromatic N) is 1. The van der Waals surface area contributed by atoms with E-state index in [9.17, 15) is 4.79 Å². The summed E-state index contributed by atoms with van der Waals surface area (Å²) < 4.78 is 0. The van der Waals surface area contributed by atoms with Gasteiger partial charge in [0.1, 0.15) is 0 Å². The summed E-state index contributed by atoms with van der Waals surface area (Å²) in [6.07, 6.45) is 6.35. The van der Waals surface area contributed by atoms with E-state index in [4.69, 9.17) is 0 Å². The molecule has 2 aliphatic rings. The second-order valence-electron chi connectivity index (χ2n) is 4.08. The SMILES string of the molecule is CCC(=O)C1=CC[C@@H]2CC[C@H]1N2C. The maximum Gasteiger partial charge on any atom is 0.159 e. The van der Waals surface area contributed by atoms with E-state index >= 15 is 0 Å². The van der Waals surface area contributed by atoms with E-state index in [1.807, 2.05) is 6.92 Å². The molecule has 0 aromatic rings. The predicted octanol–water partition coefficient (Wildman–Crippen LogP) is 1.76. The summed E-state index contributed by atoms with van der Waals surface area (Å²) in [6.45, 7) is 1.95. The fourth-order valence-corrected chi connectivity index (χ4v) is 2.57. The summed E-state index contributed by atoms with van der Waals surface area (Å²) in [6, 6.07) is 1.14. The second kappa shape index (κ2) is 3.26. The molecule has 0 saturated carbocycles. The first-order chi connectivity index (χ1) is 6.24. The molecule has 1 fully saturated rings. The van der Waals surface area contributed by atoms with Crippen molar-refractivity contribution in [2.24, 2.45) is 0 Å². The van der Waals surface area contributed by atoms with Crippen LogP contribution in [0.2, 0.25) is 0 Å². The molecule has 0 N–H and O–H groups in total. The van der Waals surface area contributed by atoms with Gasteiger partial charge in [0.05, 0.1) is 0 Å². The van der Waals surface area contributed by atoms with Gasteiger partial charge in [-0.05, 0) is 26.3 Å². The van der Waals surface area contributed by atoms with E-state index in [0.717, 1.165) is 12.0 Å². The normalized spacial score (nSPS) is 33.2. The average molecular weight is 179 g/mol. The summed E-state index contributed by atoms with van der Waals surface area (Å²) in [5.74, 6) is 0.345. The van der Waals surface area contributed by atoms with Crippen molar-refractivity contribution < 1.29 is 4.79 Å². The van der Waals surface area contributed by atoms with E-state index in [2.05, 4.69) is 18.0 Å². The minimum absolute atomic E-state index is 0.345. The molecular formula is C11H17NO. The molecule has 2 bridgehead atoms. The Balaban J connectivity index is 2.21. The van der Waals surface area contributed by atoms with E-state index in [1.54, 1.807) is 0 Å². The third-order valence-corrected chi connectivity index (χ3v) is 3.45. The van der Waals surface area contributed by atoms with Gasteiger partial charge in [0, 0.05) is 24.1 Å². The molecule has 0 spiro atoms. The zero-order valence-electron chi connectivity index (χ0n) is 8.42. The van der Waals surface area contributed by atoms with Crippen molar-refractivity contribution in [2.75, 3.05) is 7.05 Å². The lowest BCUT2D eigenvalue weighted by molar-refractivity contribution is -0.116. The van der Waals surface area contributed by atoms with Crippen molar-refractivity contribution in [3.8, 4) is 0 Å². The number of Topliss-reactive ketones (excluding diaryl/α,β-unsaturated/α-hetero) is 1. The van der Waals surface area contributed by atoms with Gasteiger partial charge in [-0.25, -0.2) is 0 Å². The third kappa shape index (κ3) is 1.33. The number of fused-ring (bicyclic) bond motifs is 2. The molecule has 0 amide bonds. The van der Waals surface area contributed by atoms with E-state index in [0.29, 0.717) is 24.3 Å². The summed E-state index contributed by atoms with van der Waals surface area (Å²) in [5, 5.41) is 0. The summed E-state index contributed by atoms with van der Waals surface area (Å²) in [5.41, 5.74) is 1.08. The van der Waals surface area contributed by atoms with Crippen LogP contribution in [0.5, 0.6) is 0 Å². The highest BCUT2D eigenvalue weighted by Gasteiger charge is 2.37. The monoisotopic (exact) mass is 179 g/mol. The highest BCUT2D eigenvalue weighted by molar-refractivity contribution is 5.96. The standard InChI is InChI=1S/C11H17NO/c1-3-11(13)9-6-4-8-5-7-10(9)12(8)2/h6,8,10H,3-5,7H2,1-2H3/t8-,10-/m1/s1. The highest BCUT2D eigenvalue weighted by atomic mass is 16.1. The minimum atomic E-state index is 0.345. The number of hydrogen-bond acceptors (Lipinski definition) is 2. The highest BCUT2D eigenvalue weighted by Crippen LogP contribution is 2.34. The van der Waals surface area contributed by atoms with Crippen LogP contribution in [0.4, 0.5) is 0 Å². The second-order valence-corrected chi connectivity index (χ2v) is 4.08. The van der Waals surface area contributed by atoms with Gasteiger partial charge in [0.15, 0.2) is 5.78 Å². The first-order valence-electron chi connectivity index (χ1n) is 5.19. The molecular weight excluding hydrogens is 162 g/mol. The van der Waals surface area contributed by atoms with Gasteiger partial charge in [-0.15, -0.1) is 0 Å². The Kier molecular flexibility index (Phi) is 2.24. The Morgan fingerprint density at radius 2 is 2.38 bits per heavy atom. The maximum atomic E-state index is 11.6. The molecule has 2 rings (SSSR count). The number of carbonyl (C=O) groups excluding carboxylic acids is 1. The van der Waals surface area contributed by atoms with Crippen LogP contribution in [0.25, 0.3) is 0 Å². The average Bonchev–Trinajstić information content (AvgIpc) is 2.41. The van der Waals surface area contributed by atoms with Gasteiger partial charge in [0.25, 0.3) is 0 Å². The number of carbonyl (C=O) groups is 1. The number of rotatable bonds is 2. The predicted molar refractivity (Wildman–Crippen MR) is 52.6 cm³/mol. The molecule has 0 aromatic heterocycles. The molecule has 0 unspecified atom stereocenters. The van der Waals surface area contributed by atoms with E-state index < -0.39 is 0 Å². The largest absolute Gasteiger partial charge is 0.296 e. The molecule has 1 saturated heterocycles. The lowest BCUT2D eigenvalue weighted by atomic mass is 9.97. The molecule has 2 nitrogen and oxygen atoms in total. The fraction of sp³-hybridized carbons (Fsp3) is 0.727. The van der Waals surface area contributed by atoms with Crippen LogP contribution in [-0.2, 0) is 4.79 Å². The van der Waals surface area contributed by atoms with Gasteiger partial charge >= 0.3 is 0 Å².